The molecule has 1 aliphatic heterocycles. The van der Waals surface area contributed by atoms with E-state index in [1.807, 2.05) is 38.4 Å². The molecule has 7 heteroatoms. The molecule has 0 unspecified atom stereocenters. The van der Waals surface area contributed by atoms with Gasteiger partial charge in [0.1, 0.15) is 6.61 Å². The molecule has 30 heavy (non-hydrogen) atoms. The van der Waals surface area contributed by atoms with Crippen molar-refractivity contribution in [2.45, 2.75) is 26.4 Å². The molecule has 1 atom stereocenters. The van der Waals surface area contributed by atoms with E-state index in [0.29, 0.717) is 23.2 Å². The van der Waals surface area contributed by atoms with Crippen LogP contribution in [-0.4, -0.2) is 55.7 Å². The number of benzene rings is 2. The summed E-state index contributed by atoms with van der Waals surface area (Å²) in [6, 6.07) is 11.7. The van der Waals surface area contributed by atoms with Gasteiger partial charge in [0.25, 0.3) is 5.91 Å². The minimum absolute atomic E-state index is 0.114. The zero-order valence-corrected chi connectivity index (χ0v) is 18.7. The Balaban J connectivity index is 1.63. The molecule has 2 heterocycles. The number of ether oxygens (including phenoxy) is 2. The Hall–Kier alpha value is -2.64. The summed E-state index contributed by atoms with van der Waals surface area (Å²) in [5.41, 5.74) is 3.28. The topological polar surface area (TPSA) is 54.9 Å². The molecule has 158 valence electrons. The molecule has 0 fully saturated rings. The fourth-order valence-electron chi connectivity index (χ4n) is 3.64. The SMILES string of the molecule is Cc1cc(C)c2sc(N(CCCN(C)C)C(=O)[C@@H]3COc4ccccc4O3)nc2c1. The summed E-state index contributed by atoms with van der Waals surface area (Å²) < 4.78 is 12.9. The minimum Gasteiger partial charge on any atom is -0.485 e. The van der Waals surface area contributed by atoms with Gasteiger partial charge in [0.2, 0.25) is 6.10 Å². The molecule has 0 spiro atoms. The lowest BCUT2D eigenvalue weighted by molar-refractivity contribution is -0.127. The van der Waals surface area contributed by atoms with Crippen molar-refractivity contribution in [1.82, 2.24) is 9.88 Å². The van der Waals surface area contributed by atoms with Crippen molar-refractivity contribution in [1.29, 1.82) is 0 Å². The number of hydrogen-bond acceptors (Lipinski definition) is 6. The van der Waals surface area contributed by atoms with E-state index in [2.05, 4.69) is 30.9 Å². The summed E-state index contributed by atoms with van der Waals surface area (Å²) in [5.74, 6) is 1.16. The van der Waals surface area contributed by atoms with Crippen molar-refractivity contribution >= 4 is 32.6 Å². The summed E-state index contributed by atoms with van der Waals surface area (Å²) >= 11 is 1.56. The third-order valence-electron chi connectivity index (χ3n) is 5.08. The van der Waals surface area contributed by atoms with E-state index in [1.165, 1.54) is 11.1 Å². The van der Waals surface area contributed by atoms with Crippen LogP contribution in [0.5, 0.6) is 11.5 Å². The molecule has 1 amide bonds. The summed E-state index contributed by atoms with van der Waals surface area (Å²) in [6.45, 7) is 5.82. The molecule has 0 radical (unpaired) electrons. The predicted molar refractivity (Wildman–Crippen MR) is 121 cm³/mol. The van der Waals surface area contributed by atoms with Crippen LogP contribution in [0.4, 0.5) is 5.13 Å². The highest BCUT2D eigenvalue weighted by Crippen LogP contribution is 2.35. The number of carbonyl (C=O) groups excluding carboxylic acids is 1. The van der Waals surface area contributed by atoms with Crippen LogP contribution < -0.4 is 14.4 Å². The third-order valence-corrected chi connectivity index (χ3v) is 6.31. The van der Waals surface area contributed by atoms with Crippen LogP contribution in [0, 0.1) is 13.8 Å². The maximum Gasteiger partial charge on any atom is 0.273 e. The first-order chi connectivity index (χ1) is 14.4. The number of aryl methyl sites for hydroxylation is 2. The van der Waals surface area contributed by atoms with E-state index in [4.69, 9.17) is 14.5 Å². The molecule has 0 N–H and O–H groups in total. The highest BCUT2D eigenvalue weighted by atomic mass is 32.1. The standard InChI is InChI=1S/C23H27N3O3S/c1-15-12-16(2)21-17(13-15)24-23(30-21)26(11-7-10-25(3)4)22(27)20-14-28-18-8-5-6-9-19(18)29-20/h5-6,8-9,12-13,20H,7,10-11,14H2,1-4H3/t20-/m0/s1. The molecule has 1 aliphatic rings. The first kappa shape index (κ1) is 20.6. The Bertz CT molecular complexity index is 1060. The molecule has 0 saturated heterocycles. The second-order valence-electron chi connectivity index (χ2n) is 7.94. The number of aromatic nitrogens is 1. The highest BCUT2D eigenvalue weighted by molar-refractivity contribution is 7.22. The van der Waals surface area contributed by atoms with Gasteiger partial charge in [0.15, 0.2) is 16.6 Å². The van der Waals surface area contributed by atoms with E-state index >= 15 is 0 Å². The number of thiazole rings is 1. The van der Waals surface area contributed by atoms with Gasteiger partial charge in [0.05, 0.1) is 10.2 Å². The average molecular weight is 426 g/mol. The number of hydrogen-bond donors (Lipinski definition) is 0. The molecule has 2 aromatic carbocycles. The van der Waals surface area contributed by atoms with E-state index in [-0.39, 0.29) is 12.5 Å². The van der Waals surface area contributed by atoms with Gasteiger partial charge in [-0.15, -0.1) is 0 Å². The highest BCUT2D eigenvalue weighted by Gasteiger charge is 2.33. The fourth-order valence-corrected chi connectivity index (χ4v) is 4.69. The van der Waals surface area contributed by atoms with E-state index in [1.54, 1.807) is 16.2 Å². The second-order valence-corrected chi connectivity index (χ2v) is 8.91. The van der Waals surface area contributed by atoms with Gasteiger partial charge < -0.3 is 14.4 Å². The lowest BCUT2D eigenvalue weighted by Crippen LogP contribution is -2.47. The number of para-hydroxylation sites is 2. The van der Waals surface area contributed by atoms with Crippen molar-refractivity contribution in [3.63, 3.8) is 0 Å². The summed E-state index contributed by atoms with van der Waals surface area (Å²) in [5, 5.41) is 0.713. The molecule has 3 aromatic rings. The quantitative estimate of drug-likeness (QED) is 0.597. The Kier molecular flexibility index (Phi) is 5.92. The minimum atomic E-state index is -0.686. The van der Waals surface area contributed by atoms with Crippen LogP contribution >= 0.6 is 11.3 Å². The Labute approximate surface area is 181 Å². The van der Waals surface area contributed by atoms with Crippen molar-refractivity contribution < 1.29 is 14.3 Å². The average Bonchev–Trinajstić information content (AvgIpc) is 3.14. The van der Waals surface area contributed by atoms with Crippen molar-refractivity contribution in [2.24, 2.45) is 0 Å². The van der Waals surface area contributed by atoms with Crippen LogP contribution in [0.1, 0.15) is 17.5 Å². The summed E-state index contributed by atoms with van der Waals surface area (Å²) in [6.07, 6.45) is 0.158. The summed E-state index contributed by atoms with van der Waals surface area (Å²) in [4.78, 5) is 22.2. The van der Waals surface area contributed by atoms with Crippen LogP contribution in [0.15, 0.2) is 36.4 Å². The smallest absolute Gasteiger partial charge is 0.273 e. The molecule has 6 nitrogen and oxygen atoms in total. The molecule has 0 aliphatic carbocycles. The molecule has 1 aromatic heterocycles. The number of anilines is 1. The van der Waals surface area contributed by atoms with Crippen molar-refractivity contribution in [3.05, 3.63) is 47.5 Å². The normalized spacial score (nSPS) is 15.6. The number of amides is 1. The van der Waals surface area contributed by atoms with Crippen molar-refractivity contribution in [3.8, 4) is 11.5 Å². The van der Waals surface area contributed by atoms with E-state index < -0.39 is 6.10 Å². The van der Waals surface area contributed by atoms with Crippen LogP contribution in [-0.2, 0) is 4.79 Å². The van der Waals surface area contributed by atoms with Crippen LogP contribution in [0.3, 0.4) is 0 Å². The second kappa shape index (κ2) is 8.62. The van der Waals surface area contributed by atoms with Gasteiger partial charge in [-0.3, -0.25) is 9.69 Å². The van der Waals surface area contributed by atoms with Gasteiger partial charge >= 0.3 is 0 Å². The Morgan fingerprint density at radius 3 is 2.70 bits per heavy atom. The van der Waals surface area contributed by atoms with Gasteiger partial charge in [-0.1, -0.05) is 29.5 Å². The monoisotopic (exact) mass is 425 g/mol. The lowest BCUT2D eigenvalue weighted by Gasteiger charge is -2.29. The first-order valence-electron chi connectivity index (χ1n) is 10.1. The predicted octanol–water partition coefficient (Wildman–Crippen LogP) is 4.04. The molecule has 0 saturated carbocycles. The number of nitrogens with zero attached hydrogens (tertiary/aromatic N) is 3. The number of fused-ring (bicyclic) bond motifs is 2. The summed E-state index contributed by atoms with van der Waals surface area (Å²) in [7, 11) is 4.07. The van der Waals surface area contributed by atoms with Crippen LogP contribution in [0.2, 0.25) is 0 Å². The Morgan fingerprint density at radius 2 is 1.93 bits per heavy atom. The van der Waals surface area contributed by atoms with E-state index in [9.17, 15) is 4.79 Å². The van der Waals surface area contributed by atoms with Crippen LogP contribution in [0.25, 0.3) is 10.2 Å². The van der Waals surface area contributed by atoms with E-state index in [0.717, 1.165) is 23.2 Å². The maximum atomic E-state index is 13.5. The largest absolute Gasteiger partial charge is 0.485 e. The third kappa shape index (κ3) is 4.27. The fraction of sp³-hybridized carbons (Fsp3) is 0.391. The van der Waals surface area contributed by atoms with Gasteiger partial charge in [0, 0.05) is 6.54 Å². The first-order valence-corrected chi connectivity index (χ1v) is 11.0. The number of carbonyl (C=O) groups is 1. The molecular formula is C23H27N3O3S. The zero-order valence-electron chi connectivity index (χ0n) is 17.8. The zero-order chi connectivity index (χ0) is 21.3. The Morgan fingerprint density at radius 1 is 1.17 bits per heavy atom. The molecule has 0 bridgehead atoms. The maximum absolute atomic E-state index is 13.5. The van der Waals surface area contributed by atoms with Gasteiger partial charge in [-0.25, -0.2) is 4.98 Å². The number of rotatable bonds is 6. The molecule has 4 rings (SSSR count). The van der Waals surface area contributed by atoms with Gasteiger partial charge in [-0.2, -0.15) is 0 Å². The molecular weight excluding hydrogens is 398 g/mol. The van der Waals surface area contributed by atoms with Gasteiger partial charge in [-0.05, 0) is 70.2 Å². The lowest BCUT2D eigenvalue weighted by atomic mass is 10.1. The van der Waals surface area contributed by atoms with Crippen molar-refractivity contribution in [2.75, 3.05) is 38.7 Å².